The third-order valence-electron chi connectivity index (χ3n) is 2.41. The lowest BCUT2D eigenvalue weighted by molar-refractivity contribution is 0.505. The Balaban J connectivity index is 1.93. The summed E-state index contributed by atoms with van der Waals surface area (Å²) in [5.41, 5.74) is 1.41. The molecule has 2 nitrogen and oxygen atoms in total. The summed E-state index contributed by atoms with van der Waals surface area (Å²) in [7, 11) is -1.74. The average molecular weight is 258 g/mol. The molecule has 1 aromatic rings. The molecule has 0 bridgehead atoms. The molecule has 0 heterocycles. The summed E-state index contributed by atoms with van der Waals surface area (Å²) in [4.78, 5) is 17.4. The van der Waals surface area contributed by atoms with Crippen molar-refractivity contribution in [3.8, 4) is 0 Å². The molecule has 90 valence electrons. The largest absolute Gasteiger partial charge is 0.342 e. The molecule has 0 atom stereocenters. The number of hydrogen-bond donors (Lipinski definition) is 2. The first kappa shape index (κ1) is 14.0. The Bertz CT molecular complexity index is 267. The molecule has 1 aromatic carbocycles. The number of rotatable bonds is 8. The molecule has 0 spiro atoms. The molecule has 0 saturated carbocycles. The van der Waals surface area contributed by atoms with Gasteiger partial charge >= 0.3 is 0 Å². The minimum atomic E-state index is -1.74. The summed E-state index contributed by atoms with van der Waals surface area (Å²) in [5.74, 6) is 0.865. The number of benzene rings is 1. The van der Waals surface area contributed by atoms with Crippen molar-refractivity contribution in [1.82, 2.24) is 0 Å². The first-order valence-corrected chi connectivity index (χ1v) is 8.47. The third kappa shape index (κ3) is 7.24. The molecule has 0 aliphatic heterocycles. The van der Waals surface area contributed by atoms with Crippen molar-refractivity contribution in [3.63, 3.8) is 0 Å². The van der Waals surface area contributed by atoms with Crippen molar-refractivity contribution < 1.29 is 9.79 Å². The fourth-order valence-electron chi connectivity index (χ4n) is 1.58. The van der Waals surface area contributed by atoms with Gasteiger partial charge in [-0.2, -0.15) is 0 Å². The fraction of sp³-hybridized carbons (Fsp3) is 0.500. The summed E-state index contributed by atoms with van der Waals surface area (Å²) < 4.78 is 0. The maximum Gasteiger partial charge on any atom is 0.232 e. The van der Waals surface area contributed by atoms with Crippen molar-refractivity contribution in [3.05, 3.63) is 35.9 Å². The van der Waals surface area contributed by atoms with Gasteiger partial charge in [0.25, 0.3) is 0 Å². The Morgan fingerprint density at radius 2 is 1.62 bits per heavy atom. The van der Waals surface area contributed by atoms with Gasteiger partial charge in [0.1, 0.15) is 0 Å². The predicted molar refractivity (Wildman–Crippen MR) is 72.4 cm³/mol. The van der Waals surface area contributed by atoms with E-state index in [9.17, 15) is 0 Å². The van der Waals surface area contributed by atoms with E-state index >= 15 is 0 Å². The number of unbranched alkanes of at least 4 members (excludes halogenated alkanes) is 3. The van der Waals surface area contributed by atoms with E-state index < -0.39 is 7.58 Å². The van der Waals surface area contributed by atoms with Gasteiger partial charge in [-0.15, -0.1) is 0 Å². The van der Waals surface area contributed by atoms with E-state index in [4.69, 9.17) is 9.79 Å². The van der Waals surface area contributed by atoms with Crippen molar-refractivity contribution in [2.75, 3.05) is 5.75 Å². The standard InChI is InChI=1S/C12H19O2PS/c13-15(14)16-11-7-2-1-4-8-12-9-5-3-6-10-12/h3,5-6,9-10,13-14H,1-2,4,7-8,11H2. The van der Waals surface area contributed by atoms with Gasteiger partial charge in [0.2, 0.25) is 7.58 Å². The highest BCUT2D eigenvalue weighted by molar-refractivity contribution is 8.52. The Morgan fingerprint density at radius 3 is 2.31 bits per heavy atom. The van der Waals surface area contributed by atoms with Crippen LogP contribution in [0.15, 0.2) is 30.3 Å². The molecule has 4 heteroatoms. The van der Waals surface area contributed by atoms with Gasteiger partial charge in [0, 0.05) is 5.75 Å². The summed E-state index contributed by atoms with van der Waals surface area (Å²) in [6.45, 7) is 0. The molecule has 0 aliphatic carbocycles. The van der Waals surface area contributed by atoms with Crippen LogP contribution in [0.5, 0.6) is 0 Å². The summed E-state index contributed by atoms with van der Waals surface area (Å²) in [6, 6.07) is 10.5. The number of aryl methyl sites for hydroxylation is 1. The van der Waals surface area contributed by atoms with E-state index in [1.54, 1.807) is 0 Å². The van der Waals surface area contributed by atoms with Gasteiger partial charge in [-0.05, 0) is 24.8 Å². The SMILES string of the molecule is OP(O)SCCCCCCc1ccccc1. The van der Waals surface area contributed by atoms with Crippen molar-refractivity contribution in [1.29, 1.82) is 0 Å². The molecule has 0 radical (unpaired) electrons. The van der Waals surface area contributed by atoms with Crippen molar-refractivity contribution in [2.45, 2.75) is 32.1 Å². The van der Waals surface area contributed by atoms with Crippen LogP contribution in [0, 0.1) is 0 Å². The Morgan fingerprint density at radius 1 is 0.938 bits per heavy atom. The molecule has 0 fully saturated rings. The van der Waals surface area contributed by atoms with Gasteiger partial charge in [-0.25, -0.2) is 0 Å². The van der Waals surface area contributed by atoms with Gasteiger partial charge in [-0.3, -0.25) is 0 Å². The summed E-state index contributed by atoms with van der Waals surface area (Å²) >= 11 is 1.26. The third-order valence-corrected chi connectivity index (χ3v) is 4.35. The van der Waals surface area contributed by atoms with Crippen molar-refractivity contribution in [2.24, 2.45) is 0 Å². The first-order chi connectivity index (χ1) is 7.79. The predicted octanol–water partition coefficient (Wildman–Crippen LogP) is 3.73. The van der Waals surface area contributed by atoms with E-state index in [2.05, 4.69) is 24.3 Å². The molecule has 0 unspecified atom stereocenters. The maximum atomic E-state index is 8.69. The normalized spacial score (nSPS) is 10.9. The minimum absolute atomic E-state index is 0.865. The van der Waals surface area contributed by atoms with Crippen LogP contribution in [0.1, 0.15) is 31.2 Å². The Labute approximate surface area is 103 Å². The second-order valence-electron chi connectivity index (χ2n) is 3.74. The second-order valence-corrected chi connectivity index (χ2v) is 6.66. The fourth-order valence-corrected chi connectivity index (χ4v) is 2.95. The van der Waals surface area contributed by atoms with Crippen LogP contribution >= 0.6 is 19.0 Å². The molecular formula is C12H19O2PS. The monoisotopic (exact) mass is 258 g/mol. The molecule has 0 amide bonds. The molecule has 0 aliphatic rings. The summed E-state index contributed by atoms with van der Waals surface area (Å²) in [5, 5.41) is 0. The zero-order chi connectivity index (χ0) is 11.6. The quantitative estimate of drug-likeness (QED) is 0.551. The van der Waals surface area contributed by atoms with E-state index in [1.807, 2.05) is 6.07 Å². The molecular weight excluding hydrogens is 239 g/mol. The topological polar surface area (TPSA) is 40.5 Å². The lowest BCUT2D eigenvalue weighted by Gasteiger charge is -2.03. The Hall–Kier alpha value is -0.0800. The van der Waals surface area contributed by atoms with Crippen LogP contribution < -0.4 is 0 Å². The van der Waals surface area contributed by atoms with Crippen LogP contribution in [-0.2, 0) is 6.42 Å². The molecule has 0 saturated heterocycles. The maximum absolute atomic E-state index is 8.69. The van der Waals surface area contributed by atoms with E-state index in [-0.39, 0.29) is 0 Å². The Kier molecular flexibility index (Phi) is 7.87. The zero-order valence-corrected chi connectivity index (χ0v) is 11.1. The first-order valence-electron chi connectivity index (χ1n) is 5.64. The van der Waals surface area contributed by atoms with Crippen LogP contribution in [0.25, 0.3) is 0 Å². The van der Waals surface area contributed by atoms with E-state index in [0.717, 1.165) is 18.6 Å². The molecule has 16 heavy (non-hydrogen) atoms. The lowest BCUT2D eigenvalue weighted by atomic mass is 10.1. The highest BCUT2D eigenvalue weighted by Crippen LogP contribution is 2.40. The van der Waals surface area contributed by atoms with Gasteiger partial charge in [0.15, 0.2) is 0 Å². The minimum Gasteiger partial charge on any atom is -0.342 e. The van der Waals surface area contributed by atoms with E-state index in [1.165, 1.54) is 36.2 Å². The van der Waals surface area contributed by atoms with Crippen LogP contribution in [-0.4, -0.2) is 15.5 Å². The van der Waals surface area contributed by atoms with Gasteiger partial charge in [0.05, 0.1) is 0 Å². The van der Waals surface area contributed by atoms with Gasteiger partial charge in [-0.1, -0.05) is 54.6 Å². The average Bonchev–Trinajstić information content (AvgIpc) is 2.29. The summed E-state index contributed by atoms with van der Waals surface area (Å²) in [6.07, 6.45) is 5.87. The van der Waals surface area contributed by atoms with Crippen LogP contribution in [0.4, 0.5) is 0 Å². The smallest absolute Gasteiger partial charge is 0.232 e. The molecule has 0 aromatic heterocycles. The lowest BCUT2D eigenvalue weighted by Crippen LogP contribution is -1.86. The van der Waals surface area contributed by atoms with Crippen molar-refractivity contribution >= 4 is 19.0 Å². The van der Waals surface area contributed by atoms with Crippen LogP contribution in [0.2, 0.25) is 0 Å². The van der Waals surface area contributed by atoms with Gasteiger partial charge < -0.3 is 9.79 Å². The van der Waals surface area contributed by atoms with Crippen LogP contribution in [0.3, 0.4) is 0 Å². The number of hydrogen-bond acceptors (Lipinski definition) is 3. The highest BCUT2D eigenvalue weighted by Gasteiger charge is 1.98. The second kappa shape index (κ2) is 9.00. The zero-order valence-electron chi connectivity index (χ0n) is 9.38. The highest BCUT2D eigenvalue weighted by atomic mass is 32.7. The molecule has 2 N–H and O–H groups in total. The van der Waals surface area contributed by atoms with E-state index in [0.29, 0.717) is 0 Å². The molecule has 1 rings (SSSR count).